The fourth-order valence-corrected chi connectivity index (χ4v) is 2.76. The van der Waals surface area contributed by atoms with Gasteiger partial charge in [0.05, 0.1) is 16.7 Å². The molecule has 0 aliphatic carbocycles. The normalized spacial score (nSPS) is 12.2. The molecule has 1 N–H and O–H groups in total. The van der Waals surface area contributed by atoms with Crippen molar-refractivity contribution in [3.63, 3.8) is 0 Å². The van der Waals surface area contributed by atoms with E-state index in [1.54, 1.807) is 30.6 Å². The van der Waals surface area contributed by atoms with Crippen molar-refractivity contribution >= 4 is 16.8 Å². The Hall–Kier alpha value is -3.43. The summed E-state index contributed by atoms with van der Waals surface area (Å²) in [6, 6.07) is 12.7. The van der Waals surface area contributed by atoms with Crippen molar-refractivity contribution in [3.8, 4) is 18.1 Å². The molecule has 0 radical (unpaired) electrons. The highest BCUT2D eigenvalue weighted by Crippen LogP contribution is 2.22. The van der Waals surface area contributed by atoms with Crippen LogP contribution >= 0.6 is 0 Å². The third-order valence-electron chi connectivity index (χ3n) is 4.23. The maximum Gasteiger partial charge on any atom is 0.290 e. The summed E-state index contributed by atoms with van der Waals surface area (Å²) in [7, 11) is 1.41. The van der Waals surface area contributed by atoms with Gasteiger partial charge in [0, 0.05) is 30.5 Å². The van der Waals surface area contributed by atoms with Crippen LogP contribution in [0.15, 0.2) is 54.9 Å². The second-order valence-electron chi connectivity index (χ2n) is 6.74. The van der Waals surface area contributed by atoms with Gasteiger partial charge in [-0.05, 0) is 50.2 Å². The molecule has 0 aliphatic heterocycles. The first-order chi connectivity index (χ1) is 13.4. The molecule has 1 amide bonds. The summed E-state index contributed by atoms with van der Waals surface area (Å²) >= 11 is 0. The Balaban J connectivity index is 1.77. The van der Waals surface area contributed by atoms with E-state index in [-0.39, 0.29) is 0 Å². The highest BCUT2D eigenvalue weighted by atomic mass is 16.7. The maximum absolute atomic E-state index is 12.7. The number of nitrogens with one attached hydrogen (secondary N) is 1. The smallest absolute Gasteiger partial charge is 0.290 e. The first-order valence-electron chi connectivity index (χ1n) is 8.72. The number of terminal acetylenes is 1. The van der Waals surface area contributed by atoms with Crippen LogP contribution in [0.25, 0.3) is 10.9 Å². The van der Waals surface area contributed by atoms with E-state index in [0.29, 0.717) is 11.3 Å². The van der Waals surface area contributed by atoms with Gasteiger partial charge in [0.15, 0.2) is 0 Å². The van der Waals surface area contributed by atoms with Crippen molar-refractivity contribution < 1.29 is 14.3 Å². The molecule has 3 rings (SSSR count). The summed E-state index contributed by atoms with van der Waals surface area (Å²) in [5.41, 5.74) is 1.49. The lowest BCUT2D eigenvalue weighted by atomic mass is 10.00. The summed E-state index contributed by atoms with van der Waals surface area (Å²) in [5, 5.41) is 3.73. The van der Waals surface area contributed by atoms with Crippen LogP contribution in [0.1, 0.15) is 25.1 Å². The standard InChI is InChI=1S/C22H21N3O3/c1-5-15-12-16-13-17(9-10-18(16)24-14-15)28-21(27-4)20(26)25-22(2,3)19-8-6-7-11-23-19/h1,6-14,21H,2-4H3,(H,25,26). The second-order valence-corrected chi connectivity index (χ2v) is 6.74. The molecular weight excluding hydrogens is 354 g/mol. The maximum atomic E-state index is 12.7. The summed E-state index contributed by atoms with van der Waals surface area (Å²) in [4.78, 5) is 21.3. The fraction of sp³-hybridized carbons (Fsp3) is 0.227. The van der Waals surface area contributed by atoms with Crippen LogP contribution in [0.4, 0.5) is 0 Å². The molecular formula is C22H21N3O3. The van der Waals surface area contributed by atoms with Gasteiger partial charge < -0.3 is 14.8 Å². The van der Waals surface area contributed by atoms with E-state index < -0.39 is 17.7 Å². The molecule has 0 saturated carbocycles. The van der Waals surface area contributed by atoms with E-state index in [1.807, 2.05) is 38.1 Å². The lowest BCUT2D eigenvalue weighted by Crippen LogP contribution is -2.48. The molecule has 6 heteroatoms. The van der Waals surface area contributed by atoms with Crippen LogP contribution < -0.4 is 10.1 Å². The van der Waals surface area contributed by atoms with Crippen LogP contribution in [0.2, 0.25) is 0 Å². The number of fused-ring (bicyclic) bond motifs is 1. The zero-order chi connectivity index (χ0) is 20.1. The van der Waals surface area contributed by atoms with Crippen molar-refractivity contribution in [1.29, 1.82) is 0 Å². The van der Waals surface area contributed by atoms with Crippen LogP contribution in [-0.4, -0.2) is 29.3 Å². The number of carbonyl (C=O) groups excluding carboxylic acids is 1. The van der Waals surface area contributed by atoms with Gasteiger partial charge in [0.2, 0.25) is 0 Å². The highest BCUT2D eigenvalue weighted by Gasteiger charge is 2.29. The van der Waals surface area contributed by atoms with Crippen molar-refractivity contribution in [2.75, 3.05) is 7.11 Å². The number of nitrogens with zero attached hydrogens (tertiary/aromatic N) is 2. The largest absolute Gasteiger partial charge is 0.455 e. The number of carbonyl (C=O) groups is 1. The number of benzene rings is 1. The molecule has 2 aromatic heterocycles. The van der Waals surface area contributed by atoms with Gasteiger partial charge in [0.25, 0.3) is 12.2 Å². The average Bonchev–Trinajstić information content (AvgIpc) is 2.71. The van der Waals surface area contributed by atoms with Crippen LogP contribution in [0.5, 0.6) is 5.75 Å². The van der Waals surface area contributed by atoms with Gasteiger partial charge in [-0.3, -0.25) is 14.8 Å². The summed E-state index contributed by atoms with van der Waals surface area (Å²) in [6.07, 6.45) is 7.62. The Morgan fingerprint density at radius 2 is 2.04 bits per heavy atom. The van der Waals surface area contributed by atoms with Gasteiger partial charge in [-0.2, -0.15) is 0 Å². The lowest BCUT2D eigenvalue weighted by molar-refractivity contribution is -0.150. The molecule has 28 heavy (non-hydrogen) atoms. The van der Waals surface area contributed by atoms with Crippen molar-refractivity contribution in [3.05, 3.63) is 66.1 Å². The Labute approximate surface area is 163 Å². The number of aromatic nitrogens is 2. The zero-order valence-electron chi connectivity index (χ0n) is 16.0. The van der Waals surface area contributed by atoms with Gasteiger partial charge in [-0.15, -0.1) is 6.42 Å². The van der Waals surface area contributed by atoms with E-state index in [4.69, 9.17) is 15.9 Å². The van der Waals surface area contributed by atoms with Gasteiger partial charge >= 0.3 is 0 Å². The molecule has 2 heterocycles. The van der Waals surface area contributed by atoms with Crippen LogP contribution in [0.3, 0.4) is 0 Å². The number of ether oxygens (including phenoxy) is 2. The number of amides is 1. The first kappa shape index (κ1) is 19.3. The number of hydrogen-bond acceptors (Lipinski definition) is 5. The number of methoxy groups -OCH3 is 1. The topological polar surface area (TPSA) is 73.3 Å². The molecule has 6 nitrogen and oxygen atoms in total. The van der Waals surface area contributed by atoms with Crippen LogP contribution in [0, 0.1) is 12.3 Å². The minimum Gasteiger partial charge on any atom is -0.455 e. The third kappa shape index (κ3) is 4.27. The highest BCUT2D eigenvalue weighted by molar-refractivity contribution is 5.82. The Morgan fingerprint density at radius 1 is 1.21 bits per heavy atom. The molecule has 142 valence electrons. The molecule has 0 spiro atoms. The number of pyridine rings is 2. The lowest BCUT2D eigenvalue weighted by Gasteiger charge is -2.28. The van der Waals surface area contributed by atoms with Gasteiger partial charge in [0.1, 0.15) is 5.75 Å². The molecule has 0 bridgehead atoms. The minimum absolute atomic E-state index is 0.409. The fourth-order valence-electron chi connectivity index (χ4n) is 2.76. The van der Waals surface area contributed by atoms with E-state index >= 15 is 0 Å². The quantitative estimate of drug-likeness (QED) is 0.530. The Kier molecular flexibility index (Phi) is 5.57. The van der Waals surface area contributed by atoms with Crippen molar-refractivity contribution in [2.24, 2.45) is 0 Å². The molecule has 0 fully saturated rings. The monoisotopic (exact) mass is 375 g/mol. The van der Waals surface area contributed by atoms with E-state index in [9.17, 15) is 4.79 Å². The zero-order valence-corrected chi connectivity index (χ0v) is 16.0. The van der Waals surface area contributed by atoms with Crippen molar-refractivity contribution in [1.82, 2.24) is 15.3 Å². The second kappa shape index (κ2) is 8.07. The van der Waals surface area contributed by atoms with Gasteiger partial charge in [-0.25, -0.2) is 0 Å². The summed E-state index contributed by atoms with van der Waals surface area (Å²) in [6.45, 7) is 3.73. The molecule has 3 aromatic rings. The van der Waals surface area contributed by atoms with Crippen LogP contribution in [-0.2, 0) is 15.1 Å². The predicted octanol–water partition coefficient (Wildman–Crippen LogP) is 3.01. The molecule has 0 saturated heterocycles. The van der Waals surface area contributed by atoms with Gasteiger partial charge in [-0.1, -0.05) is 12.0 Å². The van der Waals surface area contributed by atoms with Crippen molar-refractivity contribution in [2.45, 2.75) is 25.7 Å². The first-order valence-corrected chi connectivity index (χ1v) is 8.72. The van der Waals surface area contributed by atoms with E-state index in [0.717, 1.165) is 16.6 Å². The molecule has 1 unspecified atom stereocenters. The summed E-state index contributed by atoms with van der Waals surface area (Å²) in [5.74, 6) is 2.62. The Morgan fingerprint density at radius 3 is 2.71 bits per heavy atom. The molecule has 1 atom stereocenters. The Bertz CT molecular complexity index is 1030. The predicted molar refractivity (Wildman–Crippen MR) is 107 cm³/mol. The average molecular weight is 375 g/mol. The third-order valence-corrected chi connectivity index (χ3v) is 4.23. The molecule has 1 aromatic carbocycles. The van der Waals surface area contributed by atoms with E-state index in [1.165, 1.54) is 7.11 Å². The summed E-state index contributed by atoms with van der Waals surface area (Å²) < 4.78 is 11.0. The number of rotatable bonds is 6. The SMILES string of the molecule is C#Cc1cnc2ccc(OC(OC)C(=O)NC(C)(C)c3ccccn3)cc2c1. The number of hydrogen-bond donors (Lipinski definition) is 1. The minimum atomic E-state index is -1.12. The molecule has 0 aliphatic rings. The van der Waals surface area contributed by atoms with E-state index in [2.05, 4.69) is 21.2 Å².